The van der Waals surface area contributed by atoms with E-state index in [9.17, 15) is 9.59 Å². The highest BCUT2D eigenvalue weighted by molar-refractivity contribution is 5.85. The van der Waals surface area contributed by atoms with Crippen molar-refractivity contribution in [3.63, 3.8) is 0 Å². The number of hydrogen-bond donors (Lipinski definition) is 2. The Labute approximate surface area is 110 Å². The third-order valence-corrected chi connectivity index (χ3v) is 2.99. The second kappa shape index (κ2) is 6.28. The molecule has 0 aromatic carbocycles. The number of nitrogens with one attached hydrogen (secondary N) is 1. The van der Waals surface area contributed by atoms with Crippen molar-refractivity contribution in [2.24, 2.45) is 0 Å². The van der Waals surface area contributed by atoms with Crippen LogP contribution < -0.4 is 5.32 Å². The van der Waals surface area contributed by atoms with Crippen LogP contribution in [0.5, 0.6) is 0 Å². The molecule has 0 fully saturated rings. The van der Waals surface area contributed by atoms with Gasteiger partial charge in [0, 0.05) is 13.7 Å². The lowest BCUT2D eigenvalue weighted by atomic mass is 10.0. The van der Waals surface area contributed by atoms with Crippen LogP contribution in [0.25, 0.3) is 0 Å². The van der Waals surface area contributed by atoms with Crippen molar-refractivity contribution in [1.82, 2.24) is 20.3 Å². The quantitative estimate of drug-likeness (QED) is 0.717. The minimum atomic E-state index is -1.13. The molecule has 0 saturated carbocycles. The first-order chi connectivity index (χ1) is 8.92. The summed E-state index contributed by atoms with van der Waals surface area (Å²) in [5.41, 5.74) is -0.976. The number of ether oxygens (including phenoxy) is 1. The smallest absolute Gasteiger partial charge is 0.358 e. The molecule has 0 saturated heterocycles. The Kier molecular flexibility index (Phi) is 4.99. The fourth-order valence-corrected chi connectivity index (χ4v) is 1.37. The van der Waals surface area contributed by atoms with E-state index in [-0.39, 0.29) is 11.6 Å². The van der Waals surface area contributed by atoms with Gasteiger partial charge in [-0.1, -0.05) is 12.1 Å². The Morgan fingerprint density at radius 1 is 1.58 bits per heavy atom. The second-order valence-corrected chi connectivity index (χ2v) is 4.22. The van der Waals surface area contributed by atoms with Gasteiger partial charge in [0.1, 0.15) is 5.60 Å². The van der Waals surface area contributed by atoms with Gasteiger partial charge in [-0.3, -0.25) is 4.79 Å². The SMILES string of the molecule is CCC(C)(OC)C(=O)NCCn1cc(C(=O)O)nn1. The molecule has 19 heavy (non-hydrogen) atoms. The average molecular weight is 270 g/mol. The van der Waals surface area contributed by atoms with Gasteiger partial charge < -0.3 is 15.2 Å². The molecule has 1 atom stereocenters. The molecular weight excluding hydrogens is 252 g/mol. The maximum atomic E-state index is 11.9. The average Bonchev–Trinajstić information content (AvgIpc) is 2.86. The van der Waals surface area contributed by atoms with Crippen molar-refractivity contribution in [2.75, 3.05) is 13.7 Å². The van der Waals surface area contributed by atoms with Crippen LogP contribution in [-0.2, 0) is 16.1 Å². The Bertz CT molecular complexity index is 453. The highest BCUT2D eigenvalue weighted by atomic mass is 16.5. The van der Waals surface area contributed by atoms with Crippen LogP contribution in [0.1, 0.15) is 30.8 Å². The summed E-state index contributed by atoms with van der Waals surface area (Å²) >= 11 is 0. The van der Waals surface area contributed by atoms with Gasteiger partial charge in [-0.05, 0) is 13.3 Å². The normalized spacial score (nSPS) is 13.8. The molecule has 0 radical (unpaired) electrons. The van der Waals surface area contributed by atoms with Crippen LogP contribution in [0, 0.1) is 0 Å². The zero-order valence-corrected chi connectivity index (χ0v) is 11.2. The van der Waals surface area contributed by atoms with Crippen molar-refractivity contribution >= 4 is 11.9 Å². The third kappa shape index (κ3) is 3.75. The predicted molar refractivity (Wildman–Crippen MR) is 65.7 cm³/mol. The molecule has 8 nitrogen and oxygen atoms in total. The minimum absolute atomic E-state index is 0.124. The summed E-state index contributed by atoms with van der Waals surface area (Å²) in [5, 5.41) is 18.5. The zero-order chi connectivity index (χ0) is 14.5. The molecule has 0 aliphatic carbocycles. The molecule has 8 heteroatoms. The number of nitrogens with zero attached hydrogens (tertiary/aromatic N) is 3. The third-order valence-electron chi connectivity index (χ3n) is 2.99. The van der Waals surface area contributed by atoms with Crippen LogP contribution in [0.3, 0.4) is 0 Å². The number of aromatic carboxylic acids is 1. The molecule has 106 valence electrons. The van der Waals surface area contributed by atoms with Crippen molar-refractivity contribution in [3.8, 4) is 0 Å². The monoisotopic (exact) mass is 270 g/mol. The summed E-state index contributed by atoms with van der Waals surface area (Å²) in [6.07, 6.45) is 1.87. The number of carboxylic acid groups (broad SMARTS) is 1. The molecule has 1 aromatic heterocycles. The number of hydrogen-bond acceptors (Lipinski definition) is 5. The Hall–Kier alpha value is -1.96. The zero-order valence-electron chi connectivity index (χ0n) is 11.2. The van der Waals surface area contributed by atoms with E-state index in [0.717, 1.165) is 0 Å². The van der Waals surface area contributed by atoms with E-state index in [1.165, 1.54) is 18.0 Å². The molecule has 1 amide bonds. The van der Waals surface area contributed by atoms with Gasteiger partial charge in [-0.2, -0.15) is 0 Å². The molecule has 0 aliphatic rings. The van der Waals surface area contributed by atoms with E-state index >= 15 is 0 Å². The molecule has 0 aliphatic heterocycles. The first-order valence-corrected chi connectivity index (χ1v) is 5.90. The molecule has 1 aromatic rings. The number of carbonyl (C=O) groups excluding carboxylic acids is 1. The largest absolute Gasteiger partial charge is 0.476 e. The number of carbonyl (C=O) groups is 2. The van der Waals surface area contributed by atoms with Crippen molar-refractivity contribution < 1.29 is 19.4 Å². The number of amides is 1. The van der Waals surface area contributed by atoms with Gasteiger partial charge in [-0.25, -0.2) is 9.48 Å². The molecule has 1 rings (SSSR count). The van der Waals surface area contributed by atoms with E-state index in [0.29, 0.717) is 19.5 Å². The predicted octanol–water partition coefficient (Wildman–Crippen LogP) is -0.0924. The highest BCUT2D eigenvalue weighted by Crippen LogP contribution is 2.13. The summed E-state index contributed by atoms with van der Waals surface area (Å²) in [5.74, 6) is -1.34. The van der Waals surface area contributed by atoms with Crippen LogP contribution in [0.15, 0.2) is 6.20 Å². The molecule has 2 N–H and O–H groups in total. The van der Waals surface area contributed by atoms with Gasteiger partial charge in [0.25, 0.3) is 5.91 Å². The molecule has 0 spiro atoms. The van der Waals surface area contributed by atoms with Crippen molar-refractivity contribution in [3.05, 3.63) is 11.9 Å². The summed E-state index contributed by atoms with van der Waals surface area (Å²) in [7, 11) is 1.49. The topological polar surface area (TPSA) is 106 Å². The first-order valence-electron chi connectivity index (χ1n) is 5.90. The van der Waals surface area contributed by atoms with Gasteiger partial charge in [-0.15, -0.1) is 5.10 Å². The van der Waals surface area contributed by atoms with Crippen LogP contribution in [0.4, 0.5) is 0 Å². The highest BCUT2D eigenvalue weighted by Gasteiger charge is 2.30. The Morgan fingerprint density at radius 2 is 2.26 bits per heavy atom. The fraction of sp³-hybridized carbons (Fsp3) is 0.636. The first kappa shape index (κ1) is 15.1. The Morgan fingerprint density at radius 3 is 2.74 bits per heavy atom. The number of rotatable bonds is 7. The summed E-state index contributed by atoms with van der Waals surface area (Å²) in [6, 6.07) is 0. The van der Waals surface area contributed by atoms with E-state index in [2.05, 4.69) is 15.6 Å². The van der Waals surface area contributed by atoms with Crippen LogP contribution >= 0.6 is 0 Å². The number of methoxy groups -OCH3 is 1. The second-order valence-electron chi connectivity index (χ2n) is 4.22. The molecule has 1 unspecified atom stereocenters. The lowest BCUT2D eigenvalue weighted by Crippen LogP contribution is -2.46. The number of aromatic nitrogens is 3. The van der Waals surface area contributed by atoms with E-state index in [1.807, 2.05) is 6.92 Å². The fourth-order valence-electron chi connectivity index (χ4n) is 1.37. The minimum Gasteiger partial charge on any atom is -0.476 e. The van der Waals surface area contributed by atoms with E-state index in [1.54, 1.807) is 6.92 Å². The lowest BCUT2D eigenvalue weighted by molar-refractivity contribution is -0.141. The van der Waals surface area contributed by atoms with Gasteiger partial charge in [0.05, 0.1) is 12.7 Å². The maximum absolute atomic E-state index is 11.9. The standard InChI is InChI=1S/C11H18N4O4/c1-4-11(2,19-3)10(18)12-5-6-15-7-8(9(16)17)13-14-15/h7H,4-6H2,1-3H3,(H,12,18)(H,16,17). The lowest BCUT2D eigenvalue weighted by Gasteiger charge is -2.25. The summed E-state index contributed by atoms with van der Waals surface area (Å²) < 4.78 is 6.52. The summed E-state index contributed by atoms with van der Waals surface area (Å²) in [4.78, 5) is 22.5. The van der Waals surface area contributed by atoms with Gasteiger partial charge in [0.15, 0.2) is 5.69 Å². The molecule has 1 heterocycles. The van der Waals surface area contributed by atoms with Crippen LogP contribution in [-0.4, -0.2) is 51.2 Å². The van der Waals surface area contributed by atoms with E-state index < -0.39 is 11.6 Å². The van der Waals surface area contributed by atoms with Crippen LogP contribution in [0.2, 0.25) is 0 Å². The maximum Gasteiger partial charge on any atom is 0.358 e. The van der Waals surface area contributed by atoms with E-state index in [4.69, 9.17) is 9.84 Å². The van der Waals surface area contributed by atoms with Gasteiger partial charge in [0.2, 0.25) is 0 Å². The number of carboxylic acids is 1. The van der Waals surface area contributed by atoms with Crippen molar-refractivity contribution in [1.29, 1.82) is 0 Å². The summed E-state index contributed by atoms with van der Waals surface area (Å²) in [6.45, 7) is 4.23. The molecular formula is C11H18N4O4. The van der Waals surface area contributed by atoms with Crippen molar-refractivity contribution in [2.45, 2.75) is 32.4 Å². The molecule has 0 bridgehead atoms. The van der Waals surface area contributed by atoms with Gasteiger partial charge >= 0.3 is 5.97 Å². The Balaban J connectivity index is 2.45.